The molecule has 0 saturated carbocycles. The van der Waals surface area contributed by atoms with Gasteiger partial charge in [0.15, 0.2) is 0 Å². The summed E-state index contributed by atoms with van der Waals surface area (Å²) in [6.45, 7) is 0.807. The average Bonchev–Trinajstić information content (AvgIpc) is 3.22. The first kappa shape index (κ1) is 14.9. The fourth-order valence-electron chi connectivity index (χ4n) is 2.91. The van der Waals surface area contributed by atoms with E-state index in [1.54, 1.807) is 6.20 Å². The molecule has 1 atom stereocenters. The van der Waals surface area contributed by atoms with E-state index in [1.165, 1.54) is 12.1 Å². The Morgan fingerprint density at radius 1 is 1.25 bits per heavy atom. The van der Waals surface area contributed by atoms with Gasteiger partial charge in [-0.3, -0.25) is 0 Å². The van der Waals surface area contributed by atoms with E-state index < -0.39 is 11.7 Å². The molecule has 124 valence electrons. The van der Waals surface area contributed by atoms with Crippen LogP contribution in [-0.2, 0) is 19.1 Å². The van der Waals surface area contributed by atoms with E-state index in [1.807, 2.05) is 6.20 Å². The second-order valence-corrected chi connectivity index (χ2v) is 5.76. The van der Waals surface area contributed by atoms with Crippen LogP contribution in [0.4, 0.5) is 13.2 Å². The third kappa shape index (κ3) is 2.68. The van der Waals surface area contributed by atoms with E-state index in [0.717, 1.165) is 30.9 Å². The Balaban J connectivity index is 1.60. The van der Waals surface area contributed by atoms with Crippen LogP contribution in [0.3, 0.4) is 0 Å². The van der Waals surface area contributed by atoms with Crippen LogP contribution in [0, 0.1) is 0 Å². The van der Waals surface area contributed by atoms with Crippen LogP contribution in [0.5, 0.6) is 0 Å². The highest BCUT2D eigenvalue weighted by molar-refractivity contribution is 5.55. The van der Waals surface area contributed by atoms with Crippen molar-refractivity contribution in [2.75, 3.05) is 0 Å². The molecule has 0 aliphatic carbocycles. The molecule has 0 saturated heterocycles. The predicted molar refractivity (Wildman–Crippen MR) is 78.0 cm³/mol. The van der Waals surface area contributed by atoms with Gasteiger partial charge in [0.1, 0.15) is 5.82 Å². The minimum absolute atomic E-state index is 0.0342. The zero-order valence-corrected chi connectivity index (χ0v) is 12.5. The van der Waals surface area contributed by atoms with Crippen LogP contribution >= 0.6 is 0 Å². The fourth-order valence-corrected chi connectivity index (χ4v) is 2.91. The molecule has 0 spiro atoms. The van der Waals surface area contributed by atoms with E-state index in [2.05, 4.69) is 19.7 Å². The Kier molecular flexibility index (Phi) is 3.40. The molecular weight excluding hydrogens is 321 g/mol. The van der Waals surface area contributed by atoms with Crippen molar-refractivity contribution in [3.63, 3.8) is 0 Å². The van der Waals surface area contributed by atoms with E-state index in [0.29, 0.717) is 12.3 Å². The molecule has 3 aromatic rings. The van der Waals surface area contributed by atoms with Gasteiger partial charge in [-0.25, -0.2) is 4.98 Å². The van der Waals surface area contributed by atoms with Crippen LogP contribution in [0.2, 0.25) is 0 Å². The number of benzene rings is 1. The van der Waals surface area contributed by atoms with Gasteiger partial charge in [-0.2, -0.15) is 18.2 Å². The van der Waals surface area contributed by atoms with Crippen molar-refractivity contribution in [2.24, 2.45) is 0 Å². The summed E-state index contributed by atoms with van der Waals surface area (Å²) in [6.07, 6.45) is 0.779. The molecule has 0 N–H and O–H groups in total. The third-order valence-electron chi connectivity index (χ3n) is 4.19. The Morgan fingerprint density at radius 2 is 2.12 bits per heavy atom. The lowest BCUT2D eigenvalue weighted by molar-refractivity contribution is -0.137. The monoisotopic (exact) mass is 334 g/mol. The number of aromatic nitrogens is 4. The van der Waals surface area contributed by atoms with Crippen LogP contribution < -0.4 is 0 Å². The van der Waals surface area contributed by atoms with Gasteiger partial charge in [-0.05, 0) is 18.6 Å². The summed E-state index contributed by atoms with van der Waals surface area (Å²) in [5, 5.41) is 3.85. The first-order valence-electron chi connectivity index (χ1n) is 7.52. The molecule has 2 aromatic heterocycles. The zero-order chi connectivity index (χ0) is 16.7. The van der Waals surface area contributed by atoms with Crippen molar-refractivity contribution < 1.29 is 17.7 Å². The van der Waals surface area contributed by atoms with Gasteiger partial charge in [0, 0.05) is 36.8 Å². The van der Waals surface area contributed by atoms with Crippen LogP contribution in [0.15, 0.2) is 41.2 Å². The number of rotatable bonds is 2. The highest BCUT2D eigenvalue weighted by atomic mass is 19.4. The fraction of sp³-hybridized carbons (Fsp3) is 0.312. The van der Waals surface area contributed by atoms with Gasteiger partial charge in [0.25, 0.3) is 0 Å². The largest absolute Gasteiger partial charge is 0.416 e. The molecule has 0 amide bonds. The minimum atomic E-state index is -4.40. The number of nitrogens with zero attached hydrogens (tertiary/aromatic N) is 4. The average molecular weight is 334 g/mol. The first-order chi connectivity index (χ1) is 11.5. The van der Waals surface area contributed by atoms with Gasteiger partial charge in [0.05, 0.1) is 5.56 Å². The molecule has 1 aliphatic rings. The van der Waals surface area contributed by atoms with Gasteiger partial charge in [0.2, 0.25) is 11.7 Å². The minimum Gasteiger partial charge on any atom is -0.339 e. The number of alkyl halides is 3. The lowest BCUT2D eigenvalue weighted by Gasteiger charge is -2.19. The quantitative estimate of drug-likeness (QED) is 0.717. The summed E-state index contributed by atoms with van der Waals surface area (Å²) in [6, 6.07) is 4.93. The smallest absolute Gasteiger partial charge is 0.339 e. The molecule has 1 aliphatic heterocycles. The lowest BCUT2D eigenvalue weighted by Crippen LogP contribution is -2.18. The molecule has 0 bridgehead atoms. The summed E-state index contributed by atoms with van der Waals surface area (Å²) in [5.74, 6) is 1.60. The lowest BCUT2D eigenvalue weighted by atomic mass is 9.98. The first-order valence-corrected chi connectivity index (χ1v) is 7.52. The number of aryl methyl sites for hydroxylation is 1. The van der Waals surface area contributed by atoms with E-state index in [-0.39, 0.29) is 17.3 Å². The summed E-state index contributed by atoms with van der Waals surface area (Å²) in [4.78, 5) is 8.59. The second-order valence-electron chi connectivity index (χ2n) is 5.76. The number of fused-ring (bicyclic) bond motifs is 1. The van der Waals surface area contributed by atoms with E-state index in [4.69, 9.17) is 4.52 Å². The summed E-state index contributed by atoms with van der Waals surface area (Å²) in [5.41, 5.74) is -0.442. The molecule has 0 fully saturated rings. The van der Waals surface area contributed by atoms with Gasteiger partial charge < -0.3 is 9.09 Å². The number of imidazole rings is 1. The Morgan fingerprint density at radius 3 is 2.96 bits per heavy atom. The highest BCUT2D eigenvalue weighted by Gasteiger charge is 2.31. The van der Waals surface area contributed by atoms with Crippen molar-refractivity contribution in [2.45, 2.75) is 31.5 Å². The van der Waals surface area contributed by atoms with Crippen molar-refractivity contribution >= 4 is 0 Å². The second kappa shape index (κ2) is 5.47. The van der Waals surface area contributed by atoms with Crippen molar-refractivity contribution in [3.8, 4) is 11.4 Å². The molecule has 4 rings (SSSR count). The molecule has 1 aromatic carbocycles. The van der Waals surface area contributed by atoms with Crippen molar-refractivity contribution in [1.29, 1.82) is 0 Å². The Labute approximate surface area is 135 Å². The molecule has 1 unspecified atom stereocenters. The van der Waals surface area contributed by atoms with Crippen LogP contribution in [-0.4, -0.2) is 19.7 Å². The molecule has 5 nitrogen and oxygen atoms in total. The van der Waals surface area contributed by atoms with Gasteiger partial charge in [-0.1, -0.05) is 17.3 Å². The standard InChI is InChI=1S/C16H13F3N4O/c17-16(18,19)12-3-1-2-10(8-12)14-21-15(24-22-14)11-4-6-23-7-5-20-13(23)9-11/h1-3,5,7-8,11H,4,6,9H2. The number of hydrogen-bond acceptors (Lipinski definition) is 4. The van der Waals surface area contributed by atoms with Crippen LogP contribution in [0.25, 0.3) is 11.4 Å². The normalized spacial score (nSPS) is 17.7. The maximum Gasteiger partial charge on any atom is 0.416 e. The molecule has 3 heterocycles. The van der Waals surface area contributed by atoms with Gasteiger partial charge >= 0.3 is 6.18 Å². The highest BCUT2D eigenvalue weighted by Crippen LogP contribution is 2.33. The van der Waals surface area contributed by atoms with Gasteiger partial charge in [-0.15, -0.1) is 0 Å². The number of hydrogen-bond donors (Lipinski definition) is 0. The molecule has 8 heteroatoms. The molecule has 0 radical (unpaired) electrons. The van der Waals surface area contributed by atoms with Crippen LogP contribution in [0.1, 0.15) is 29.6 Å². The van der Waals surface area contributed by atoms with Crippen molar-refractivity contribution in [1.82, 2.24) is 19.7 Å². The maximum atomic E-state index is 12.8. The summed E-state index contributed by atoms with van der Waals surface area (Å²) >= 11 is 0. The number of halogens is 3. The maximum absolute atomic E-state index is 12.8. The molecule has 24 heavy (non-hydrogen) atoms. The Hall–Kier alpha value is -2.64. The Bertz CT molecular complexity index is 868. The van der Waals surface area contributed by atoms with Crippen molar-refractivity contribution in [3.05, 3.63) is 53.9 Å². The topological polar surface area (TPSA) is 56.7 Å². The predicted octanol–water partition coefficient (Wildman–Crippen LogP) is 3.68. The van der Waals surface area contributed by atoms with E-state index in [9.17, 15) is 13.2 Å². The zero-order valence-electron chi connectivity index (χ0n) is 12.5. The summed E-state index contributed by atoms with van der Waals surface area (Å²) in [7, 11) is 0. The third-order valence-corrected chi connectivity index (χ3v) is 4.19. The SMILES string of the molecule is FC(F)(F)c1cccc(-c2noc(C3CCn4ccnc4C3)n2)c1. The molecular formula is C16H13F3N4O. The summed E-state index contributed by atoms with van der Waals surface area (Å²) < 4.78 is 45.8. The van der Waals surface area contributed by atoms with E-state index >= 15 is 0 Å².